The maximum Gasteiger partial charge on any atom is 0.122 e. The second-order valence-corrected chi connectivity index (χ2v) is 5.43. The highest BCUT2D eigenvalue weighted by Gasteiger charge is 2.20. The maximum absolute atomic E-state index is 5.63. The number of rotatable bonds is 5. The van der Waals surface area contributed by atoms with Crippen LogP contribution in [0.25, 0.3) is 0 Å². The van der Waals surface area contributed by atoms with Crippen LogP contribution in [-0.4, -0.2) is 24.2 Å². The molecule has 1 aromatic heterocycles. The molecule has 0 radical (unpaired) electrons. The van der Waals surface area contributed by atoms with Crippen LogP contribution in [0.4, 0.5) is 0 Å². The minimum atomic E-state index is 0.275. The molecule has 1 aliphatic rings. The number of ether oxygens (including phenoxy) is 1. The summed E-state index contributed by atoms with van der Waals surface area (Å²) in [4.78, 5) is 4.64. The van der Waals surface area contributed by atoms with Gasteiger partial charge in [0, 0.05) is 31.0 Å². The molecule has 1 N–H and O–H groups in total. The molecule has 2 heterocycles. The van der Waals surface area contributed by atoms with Gasteiger partial charge in [0.15, 0.2) is 0 Å². The zero-order valence-electron chi connectivity index (χ0n) is 10.0. The smallest absolute Gasteiger partial charge is 0.122 e. The minimum absolute atomic E-state index is 0.275. The first-order valence-corrected chi connectivity index (χ1v) is 6.93. The lowest BCUT2D eigenvalue weighted by Gasteiger charge is -2.06. The Balaban J connectivity index is 1.82. The van der Waals surface area contributed by atoms with Crippen molar-refractivity contribution < 1.29 is 4.74 Å². The van der Waals surface area contributed by atoms with Crippen LogP contribution < -0.4 is 5.32 Å². The molecule has 1 fully saturated rings. The van der Waals surface area contributed by atoms with Crippen molar-refractivity contribution in [2.45, 2.75) is 45.3 Å². The van der Waals surface area contributed by atoms with Gasteiger partial charge in [0.05, 0.1) is 5.69 Å². The molecule has 3 nitrogen and oxygen atoms in total. The standard InChI is InChI=1S/C12H20N2OS/c1-9(2)13-6-5-10-8-16-12(14-10)11-4-3-7-15-11/h8-9,11,13H,3-7H2,1-2H3. The predicted molar refractivity (Wildman–Crippen MR) is 66.9 cm³/mol. The number of nitrogens with one attached hydrogen (secondary N) is 1. The lowest BCUT2D eigenvalue weighted by molar-refractivity contribution is 0.111. The summed E-state index contributed by atoms with van der Waals surface area (Å²) >= 11 is 1.74. The fourth-order valence-electron chi connectivity index (χ4n) is 1.85. The fourth-order valence-corrected chi connectivity index (χ4v) is 2.78. The van der Waals surface area contributed by atoms with Crippen molar-refractivity contribution in [2.75, 3.05) is 13.2 Å². The molecule has 0 aliphatic carbocycles. The highest BCUT2D eigenvalue weighted by atomic mass is 32.1. The Kier molecular flexibility index (Phi) is 4.32. The molecule has 90 valence electrons. The summed E-state index contributed by atoms with van der Waals surface area (Å²) in [6.07, 6.45) is 3.60. The van der Waals surface area contributed by atoms with Crippen LogP contribution in [0.2, 0.25) is 0 Å². The Labute approximate surface area is 101 Å². The molecular formula is C12H20N2OS. The second-order valence-electron chi connectivity index (χ2n) is 4.54. The van der Waals surface area contributed by atoms with E-state index in [0.717, 1.165) is 31.0 Å². The van der Waals surface area contributed by atoms with Crippen molar-refractivity contribution in [1.82, 2.24) is 10.3 Å². The molecule has 2 rings (SSSR count). The van der Waals surface area contributed by atoms with Gasteiger partial charge in [-0.2, -0.15) is 0 Å². The van der Waals surface area contributed by atoms with Gasteiger partial charge in [0.25, 0.3) is 0 Å². The van der Waals surface area contributed by atoms with E-state index in [1.54, 1.807) is 11.3 Å². The molecule has 0 aromatic carbocycles. The third kappa shape index (κ3) is 3.27. The third-order valence-electron chi connectivity index (χ3n) is 2.71. The van der Waals surface area contributed by atoms with Gasteiger partial charge in [0.2, 0.25) is 0 Å². The van der Waals surface area contributed by atoms with E-state index < -0.39 is 0 Å². The Hall–Kier alpha value is -0.450. The van der Waals surface area contributed by atoms with Gasteiger partial charge < -0.3 is 10.1 Å². The molecule has 1 unspecified atom stereocenters. The summed E-state index contributed by atoms with van der Waals surface area (Å²) in [5.74, 6) is 0. The first kappa shape index (κ1) is 12.0. The lowest BCUT2D eigenvalue weighted by Crippen LogP contribution is -2.25. The van der Waals surface area contributed by atoms with Crippen LogP contribution >= 0.6 is 11.3 Å². The Bertz CT molecular complexity index is 319. The number of hydrogen-bond donors (Lipinski definition) is 1. The monoisotopic (exact) mass is 240 g/mol. The van der Waals surface area contributed by atoms with Crippen molar-refractivity contribution in [2.24, 2.45) is 0 Å². The molecular weight excluding hydrogens is 220 g/mol. The van der Waals surface area contributed by atoms with Crippen molar-refractivity contribution in [3.63, 3.8) is 0 Å². The lowest BCUT2D eigenvalue weighted by atomic mass is 10.2. The first-order valence-electron chi connectivity index (χ1n) is 6.05. The SMILES string of the molecule is CC(C)NCCc1csc(C2CCCO2)n1. The van der Waals surface area contributed by atoms with Crippen molar-refractivity contribution in [1.29, 1.82) is 0 Å². The highest BCUT2D eigenvalue weighted by Crippen LogP contribution is 2.30. The van der Waals surface area contributed by atoms with Gasteiger partial charge in [-0.25, -0.2) is 4.98 Å². The zero-order valence-corrected chi connectivity index (χ0v) is 10.8. The van der Waals surface area contributed by atoms with Crippen molar-refractivity contribution in [3.8, 4) is 0 Å². The van der Waals surface area contributed by atoms with Gasteiger partial charge in [-0.1, -0.05) is 13.8 Å². The van der Waals surface area contributed by atoms with E-state index in [0.29, 0.717) is 6.04 Å². The molecule has 4 heteroatoms. The van der Waals surface area contributed by atoms with E-state index in [4.69, 9.17) is 4.74 Å². The Morgan fingerprint density at radius 2 is 2.50 bits per heavy atom. The van der Waals surface area contributed by atoms with E-state index in [9.17, 15) is 0 Å². The minimum Gasteiger partial charge on any atom is -0.371 e. The average molecular weight is 240 g/mol. The van der Waals surface area contributed by atoms with Crippen LogP contribution in [0.1, 0.15) is 43.5 Å². The van der Waals surface area contributed by atoms with Gasteiger partial charge in [0.1, 0.15) is 11.1 Å². The topological polar surface area (TPSA) is 34.1 Å². The second kappa shape index (κ2) is 5.75. The summed E-state index contributed by atoms with van der Waals surface area (Å²) in [5, 5.41) is 6.74. The molecule has 16 heavy (non-hydrogen) atoms. The first-order chi connectivity index (χ1) is 7.75. The summed E-state index contributed by atoms with van der Waals surface area (Å²) in [7, 11) is 0. The molecule has 1 saturated heterocycles. The highest BCUT2D eigenvalue weighted by molar-refractivity contribution is 7.09. The predicted octanol–water partition coefficient (Wildman–Crippen LogP) is 2.54. The van der Waals surface area contributed by atoms with Crippen molar-refractivity contribution in [3.05, 3.63) is 16.1 Å². The van der Waals surface area contributed by atoms with Crippen LogP contribution in [0, 0.1) is 0 Å². The molecule has 0 amide bonds. The fraction of sp³-hybridized carbons (Fsp3) is 0.750. The van der Waals surface area contributed by atoms with Gasteiger partial charge in [-0.15, -0.1) is 11.3 Å². The Morgan fingerprint density at radius 3 is 3.19 bits per heavy atom. The Morgan fingerprint density at radius 1 is 1.62 bits per heavy atom. The summed E-state index contributed by atoms with van der Waals surface area (Å²) in [6.45, 7) is 6.23. The normalized spacial score (nSPS) is 20.8. The van der Waals surface area contributed by atoms with E-state index in [1.807, 2.05) is 0 Å². The molecule has 1 atom stereocenters. The van der Waals surface area contributed by atoms with Gasteiger partial charge in [-0.3, -0.25) is 0 Å². The van der Waals surface area contributed by atoms with E-state index in [-0.39, 0.29) is 6.10 Å². The van der Waals surface area contributed by atoms with Crippen LogP contribution in [0.3, 0.4) is 0 Å². The summed E-state index contributed by atoms with van der Waals surface area (Å²) < 4.78 is 5.63. The van der Waals surface area contributed by atoms with Crippen LogP contribution in [-0.2, 0) is 11.2 Å². The van der Waals surface area contributed by atoms with Crippen molar-refractivity contribution >= 4 is 11.3 Å². The van der Waals surface area contributed by atoms with Gasteiger partial charge >= 0.3 is 0 Å². The zero-order chi connectivity index (χ0) is 11.4. The number of nitrogens with zero attached hydrogens (tertiary/aromatic N) is 1. The number of aromatic nitrogens is 1. The average Bonchev–Trinajstić information content (AvgIpc) is 2.85. The molecule has 0 saturated carbocycles. The van der Waals surface area contributed by atoms with E-state index in [2.05, 4.69) is 29.5 Å². The largest absolute Gasteiger partial charge is 0.371 e. The van der Waals surface area contributed by atoms with Gasteiger partial charge in [-0.05, 0) is 12.8 Å². The molecule has 1 aliphatic heterocycles. The van der Waals surface area contributed by atoms with Crippen LogP contribution in [0.15, 0.2) is 5.38 Å². The number of thiazole rings is 1. The van der Waals surface area contributed by atoms with E-state index >= 15 is 0 Å². The van der Waals surface area contributed by atoms with E-state index in [1.165, 1.54) is 12.1 Å². The maximum atomic E-state index is 5.63. The summed E-state index contributed by atoms with van der Waals surface area (Å²) in [5.41, 5.74) is 1.20. The molecule has 0 bridgehead atoms. The van der Waals surface area contributed by atoms with Crippen LogP contribution in [0.5, 0.6) is 0 Å². The quantitative estimate of drug-likeness (QED) is 0.859. The number of hydrogen-bond acceptors (Lipinski definition) is 4. The summed E-state index contributed by atoms with van der Waals surface area (Å²) in [6, 6.07) is 0.552. The molecule has 0 spiro atoms. The molecule has 1 aromatic rings. The third-order valence-corrected chi connectivity index (χ3v) is 3.69.